The first-order chi connectivity index (χ1) is 10.1. The van der Waals surface area contributed by atoms with Crippen LogP contribution in [0.1, 0.15) is 10.4 Å². The molecule has 0 saturated heterocycles. The van der Waals surface area contributed by atoms with Gasteiger partial charge in [0.1, 0.15) is 42.6 Å². The number of carboxylic acids is 1. The molecule has 118 valence electrons. The summed E-state index contributed by atoms with van der Waals surface area (Å²) in [5.74, 6) is -0.493. The highest BCUT2D eigenvalue weighted by Crippen LogP contribution is 2.34. The van der Waals surface area contributed by atoms with Gasteiger partial charge in [-0.1, -0.05) is 0 Å². The highest BCUT2D eigenvalue weighted by Gasteiger charge is 2.20. The van der Waals surface area contributed by atoms with Crippen LogP contribution in [0.5, 0.6) is 17.2 Å². The van der Waals surface area contributed by atoms with E-state index in [9.17, 15) is 9.90 Å². The van der Waals surface area contributed by atoms with E-state index in [1.54, 1.807) is 0 Å². The van der Waals surface area contributed by atoms with Crippen LogP contribution in [-0.2, 0) is 0 Å². The van der Waals surface area contributed by atoms with Crippen molar-refractivity contribution in [3.05, 3.63) is 17.7 Å². The zero-order valence-electron chi connectivity index (χ0n) is 11.7. The van der Waals surface area contributed by atoms with Crippen LogP contribution in [0.4, 0.5) is 0 Å². The molecule has 0 atom stereocenters. The molecular formula is C13H21N3O5. The highest BCUT2D eigenvalue weighted by molar-refractivity contribution is 5.94. The first-order valence-corrected chi connectivity index (χ1v) is 6.54. The fourth-order valence-corrected chi connectivity index (χ4v) is 1.60. The van der Waals surface area contributed by atoms with Gasteiger partial charge >= 0.3 is 5.97 Å². The molecule has 8 heteroatoms. The molecule has 0 spiro atoms. The second kappa shape index (κ2) is 9.01. The van der Waals surface area contributed by atoms with Crippen molar-refractivity contribution in [2.75, 3.05) is 39.5 Å². The van der Waals surface area contributed by atoms with Crippen LogP contribution in [0.2, 0.25) is 0 Å². The zero-order valence-corrected chi connectivity index (χ0v) is 11.7. The Labute approximate surface area is 122 Å². The molecule has 1 rings (SSSR count). The van der Waals surface area contributed by atoms with Crippen molar-refractivity contribution in [3.8, 4) is 17.2 Å². The predicted octanol–water partition coefficient (Wildman–Crippen LogP) is -0.603. The standard InChI is InChI=1S/C13H21N3O5/c14-1-4-19-9-7-10(20-5-2-15)12(13(17)18)11(8-9)21-6-3-16/h7-8H,1-6,14-16H2,(H,17,18). The number of aromatic carboxylic acids is 1. The Morgan fingerprint density at radius 3 is 1.71 bits per heavy atom. The molecule has 0 aliphatic rings. The maximum absolute atomic E-state index is 11.4. The fraction of sp³-hybridized carbons (Fsp3) is 0.462. The van der Waals surface area contributed by atoms with E-state index in [-0.39, 0.29) is 43.4 Å². The normalized spacial score (nSPS) is 10.2. The third kappa shape index (κ3) is 5.10. The van der Waals surface area contributed by atoms with E-state index in [4.69, 9.17) is 31.4 Å². The van der Waals surface area contributed by atoms with Crippen LogP contribution in [0.3, 0.4) is 0 Å². The summed E-state index contributed by atoms with van der Waals surface area (Å²) in [6.07, 6.45) is 0. The lowest BCUT2D eigenvalue weighted by molar-refractivity contribution is 0.0687. The second-order valence-corrected chi connectivity index (χ2v) is 4.01. The van der Waals surface area contributed by atoms with Crippen molar-refractivity contribution in [2.24, 2.45) is 17.2 Å². The summed E-state index contributed by atoms with van der Waals surface area (Å²) in [5.41, 5.74) is 16.0. The van der Waals surface area contributed by atoms with Crippen molar-refractivity contribution in [2.45, 2.75) is 0 Å². The summed E-state index contributed by atoms with van der Waals surface area (Å²) in [6.45, 7) is 1.49. The maximum atomic E-state index is 11.4. The van der Waals surface area contributed by atoms with Gasteiger partial charge in [0.25, 0.3) is 0 Å². The molecule has 0 unspecified atom stereocenters. The molecule has 0 bridgehead atoms. The third-order valence-electron chi connectivity index (χ3n) is 2.39. The number of carbonyl (C=O) groups is 1. The van der Waals surface area contributed by atoms with Gasteiger partial charge in [0, 0.05) is 31.8 Å². The summed E-state index contributed by atoms with van der Waals surface area (Å²) in [7, 11) is 0. The van der Waals surface area contributed by atoms with Gasteiger partial charge in [-0.3, -0.25) is 0 Å². The number of hydrogen-bond donors (Lipinski definition) is 4. The monoisotopic (exact) mass is 299 g/mol. The predicted molar refractivity (Wildman–Crippen MR) is 77.0 cm³/mol. The summed E-state index contributed by atoms with van der Waals surface area (Å²) in [6, 6.07) is 2.95. The van der Waals surface area contributed by atoms with Gasteiger partial charge in [-0.05, 0) is 0 Å². The van der Waals surface area contributed by atoms with Gasteiger partial charge < -0.3 is 36.5 Å². The van der Waals surface area contributed by atoms with Crippen LogP contribution in [0.25, 0.3) is 0 Å². The van der Waals surface area contributed by atoms with E-state index < -0.39 is 5.97 Å². The lowest BCUT2D eigenvalue weighted by atomic mass is 10.1. The minimum Gasteiger partial charge on any atom is -0.492 e. The zero-order chi connectivity index (χ0) is 15.7. The molecule has 0 aliphatic heterocycles. The Kier molecular flexibility index (Phi) is 7.30. The van der Waals surface area contributed by atoms with E-state index in [1.807, 2.05) is 0 Å². The quantitative estimate of drug-likeness (QED) is 0.448. The minimum absolute atomic E-state index is 0.0861. The SMILES string of the molecule is NCCOc1cc(OCCN)c(C(=O)O)c(OCCN)c1. The van der Waals surface area contributed by atoms with Gasteiger partial charge in [0.05, 0.1) is 0 Å². The van der Waals surface area contributed by atoms with Gasteiger partial charge in [-0.15, -0.1) is 0 Å². The molecule has 0 heterocycles. The van der Waals surface area contributed by atoms with Crippen LogP contribution in [-0.4, -0.2) is 50.5 Å². The average Bonchev–Trinajstić information content (AvgIpc) is 2.47. The van der Waals surface area contributed by atoms with E-state index in [0.29, 0.717) is 18.9 Å². The molecule has 0 amide bonds. The number of benzene rings is 1. The largest absolute Gasteiger partial charge is 0.492 e. The van der Waals surface area contributed by atoms with Gasteiger partial charge in [-0.2, -0.15) is 0 Å². The molecule has 21 heavy (non-hydrogen) atoms. The number of hydrogen-bond acceptors (Lipinski definition) is 7. The Bertz CT molecular complexity index is 438. The average molecular weight is 299 g/mol. The second-order valence-electron chi connectivity index (χ2n) is 4.01. The lowest BCUT2D eigenvalue weighted by Gasteiger charge is -2.16. The number of ether oxygens (including phenoxy) is 3. The first-order valence-electron chi connectivity index (χ1n) is 6.54. The summed E-state index contributed by atoms with van der Waals surface area (Å²) in [5, 5.41) is 9.33. The number of carboxylic acid groups (broad SMARTS) is 1. The van der Waals surface area contributed by atoms with E-state index in [1.165, 1.54) is 12.1 Å². The highest BCUT2D eigenvalue weighted by atomic mass is 16.5. The molecule has 1 aromatic carbocycles. The van der Waals surface area contributed by atoms with Gasteiger partial charge in [0.2, 0.25) is 0 Å². The smallest absolute Gasteiger partial charge is 0.343 e. The molecule has 0 saturated carbocycles. The summed E-state index contributed by atoms with van der Waals surface area (Å²) < 4.78 is 16.1. The maximum Gasteiger partial charge on any atom is 0.343 e. The summed E-state index contributed by atoms with van der Waals surface area (Å²) in [4.78, 5) is 11.4. The lowest BCUT2D eigenvalue weighted by Crippen LogP contribution is -2.16. The van der Waals surface area contributed by atoms with Gasteiger partial charge in [-0.25, -0.2) is 4.79 Å². The van der Waals surface area contributed by atoms with Crippen LogP contribution < -0.4 is 31.4 Å². The van der Waals surface area contributed by atoms with Crippen molar-refractivity contribution >= 4 is 5.97 Å². The Morgan fingerprint density at radius 2 is 1.33 bits per heavy atom. The molecule has 7 N–H and O–H groups in total. The van der Waals surface area contributed by atoms with Crippen molar-refractivity contribution in [1.82, 2.24) is 0 Å². The topological polar surface area (TPSA) is 143 Å². The molecular weight excluding hydrogens is 278 g/mol. The minimum atomic E-state index is -1.17. The Balaban J connectivity index is 3.17. The molecule has 0 radical (unpaired) electrons. The molecule has 8 nitrogen and oxygen atoms in total. The van der Waals surface area contributed by atoms with Gasteiger partial charge in [0.15, 0.2) is 0 Å². The molecule has 0 fully saturated rings. The van der Waals surface area contributed by atoms with E-state index in [0.717, 1.165) is 0 Å². The summed E-state index contributed by atoms with van der Waals surface area (Å²) >= 11 is 0. The van der Waals surface area contributed by atoms with Crippen LogP contribution in [0.15, 0.2) is 12.1 Å². The molecule has 0 aromatic heterocycles. The van der Waals surface area contributed by atoms with E-state index in [2.05, 4.69) is 0 Å². The van der Waals surface area contributed by atoms with Crippen LogP contribution >= 0.6 is 0 Å². The third-order valence-corrected chi connectivity index (χ3v) is 2.39. The Hall–Kier alpha value is -2.03. The molecule has 0 aliphatic carbocycles. The van der Waals surface area contributed by atoms with E-state index >= 15 is 0 Å². The number of rotatable bonds is 10. The van der Waals surface area contributed by atoms with Crippen molar-refractivity contribution in [3.63, 3.8) is 0 Å². The van der Waals surface area contributed by atoms with Crippen LogP contribution in [0, 0.1) is 0 Å². The fourth-order valence-electron chi connectivity index (χ4n) is 1.60. The first kappa shape index (κ1) is 17.0. The number of nitrogens with two attached hydrogens (primary N) is 3. The molecule has 1 aromatic rings. The van der Waals surface area contributed by atoms with Crippen molar-refractivity contribution < 1.29 is 24.1 Å². The Morgan fingerprint density at radius 1 is 0.905 bits per heavy atom. The van der Waals surface area contributed by atoms with Crippen molar-refractivity contribution in [1.29, 1.82) is 0 Å².